The standard InChI is InChI=1S/C23H24O7/c1-5-22(24)30-18-8-6-17(7-9-18)20-11-10-19(14-21(20)27-4)28-12-13-29-23(25)16(2)15-26-3/h5-11,14H,1-2,12-13,15H2,3-4H3. The van der Waals surface area contributed by atoms with E-state index in [0.717, 1.165) is 17.2 Å². The molecule has 0 bridgehead atoms. The van der Waals surface area contributed by atoms with Crippen molar-refractivity contribution in [1.29, 1.82) is 0 Å². The lowest BCUT2D eigenvalue weighted by molar-refractivity contribution is -0.140. The molecular weight excluding hydrogens is 388 g/mol. The van der Waals surface area contributed by atoms with Gasteiger partial charge in [0.25, 0.3) is 0 Å². The van der Waals surface area contributed by atoms with E-state index in [-0.39, 0.29) is 25.4 Å². The highest BCUT2D eigenvalue weighted by Gasteiger charge is 2.10. The van der Waals surface area contributed by atoms with Gasteiger partial charge in [0, 0.05) is 24.8 Å². The van der Waals surface area contributed by atoms with Gasteiger partial charge >= 0.3 is 11.9 Å². The molecule has 0 heterocycles. The first-order valence-electron chi connectivity index (χ1n) is 9.07. The Bertz CT molecular complexity index is 900. The first-order chi connectivity index (χ1) is 14.5. The quantitative estimate of drug-likeness (QED) is 0.242. The second kappa shape index (κ2) is 11.4. The van der Waals surface area contributed by atoms with E-state index in [1.165, 1.54) is 7.11 Å². The molecule has 0 N–H and O–H groups in total. The molecule has 0 aliphatic heterocycles. The highest BCUT2D eigenvalue weighted by molar-refractivity contribution is 5.88. The molecule has 0 aromatic heterocycles. The Hall–Kier alpha value is -3.58. The Balaban J connectivity index is 1.97. The lowest BCUT2D eigenvalue weighted by atomic mass is 10.0. The predicted molar refractivity (Wildman–Crippen MR) is 112 cm³/mol. The van der Waals surface area contributed by atoms with Gasteiger partial charge in [0.05, 0.1) is 19.3 Å². The second-order valence-electron chi connectivity index (χ2n) is 6.03. The molecule has 7 heteroatoms. The minimum Gasteiger partial charge on any atom is -0.496 e. The van der Waals surface area contributed by atoms with Crippen LogP contribution in [0.25, 0.3) is 11.1 Å². The highest BCUT2D eigenvalue weighted by Crippen LogP contribution is 2.34. The molecule has 158 valence electrons. The van der Waals surface area contributed by atoms with E-state index in [0.29, 0.717) is 17.2 Å². The maximum Gasteiger partial charge on any atom is 0.335 e. The molecule has 0 fully saturated rings. The van der Waals surface area contributed by atoms with Gasteiger partial charge < -0.3 is 23.7 Å². The number of ether oxygens (including phenoxy) is 5. The number of methoxy groups -OCH3 is 2. The van der Waals surface area contributed by atoms with Gasteiger partial charge in [-0.15, -0.1) is 0 Å². The number of carbonyl (C=O) groups excluding carboxylic acids is 2. The fourth-order valence-electron chi connectivity index (χ4n) is 2.49. The Morgan fingerprint density at radius 3 is 2.33 bits per heavy atom. The van der Waals surface area contributed by atoms with Crippen LogP contribution in [-0.4, -0.2) is 46.0 Å². The summed E-state index contributed by atoms with van der Waals surface area (Å²) >= 11 is 0. The van der Waals surface area contributed by atoms with Crippen molar-refractivity contribution in [3.8, 4) is 28.4 Å². The lowest BCUT2D eigenvalue weighted by Crippen LogP contribution is -2.15. The van der Waals surface area contributed by atoms with Crippen molar-refractivity contribution in [2.24, 2.45) is 0 Å². The fourth-order valence-corrected chi connectivity index (χ4v) is 2.49. The zero-order chi connectivity index (χ0) is 21.9. The van der Waals surface area contributed by atoms with Crippen LogP contribution in [0.3, 0.4) is 0 Å². The highest BCUT2D eigenvalue weighted by atomic mass is 16.6. The number of hydrogen-bond acceptors (Lipinski definition) is 7. The summed E-state index contributed by atoms with van der Waals surface area (Å²) < 4.78 is 26.0. The summed E-state index contributed by atoms with van der Waals surface area (Å²) in [7, 11) is 3.04. The fraction of sp³-hybridized carbons (Fsp3) is 0.217. The summed E-state index contributed by atoms with van der Waals surface area (Å²) in [5.74, 6) is 0.559. The lowest BCUT2D eigenvalue weighted by Gasteiger charge is -2.13. The van der Waals surface area contributed by atoms with Crippen LogP contribution in [0, 0.1) is 0 Å². The van der Waals surface area contributed by atoms with Gasteiger partial charge in [-0.25, -0.2) is 9.59 Å². The van der Waals surface area contributed by atoms with Gasteiger partial charge in [-0.05, 0) is 29.8 Å². The van der Waals surface area contributed by atoms with E-state index < -0.39 is 11.9 Å². The molecule has 2 aromatic carbocycles. The molecule has 30 heavy (non-hydrogen) atoms. The van der Waals surface area contributed by atoms with Crippen molar-refractivity contribution in [1.82, 2.24) is 0 Å². The van der Waals surface area contributed by atoms with Crippen molar-refractivity contribution in [2.75, 3.05) is 34.0 Å². The molecule has 0 amide bonds. The zero-order valence-corrected chi connectivity index (χ0v) is 17.0. The molecule has 0 saturated heterocycles. The number of rotatable bonds is 11. The van der Waals surface area contributed by atoms with Gasteiger partial charge in [-0.1, -0.05) is 25.3 Å². The third-order valence-electron chi connectivity index (χ3n) is 3.92. The van der Waals surface area contributed by atoms with E-state index in [1.807, 2.05) is 18.2 Å². The molecule has 0 saturated carbocycles. The average Bonchev–Trinajstić information content (AvgIpc) is 2.77. The molecule has 0 radical (unpaired) electrons. The van der Waals surface area contributed by atoms with Crippen molar-refractivity contribution in [2.45, 2.75) is 0 Å². The Kier molecular flexibility index (Phi) is 8.65. The maximum atomic E-state index is 11.6. The average molecular weight is 412 g/mol. The van der Waals surface area contributed by atoms with Crippen LogP contribution in [0.2, 0.25) is 0 Å². The van der Waals surface area contributed by atoms with E-state index in [4.69, 9.17) is 23.7 Å². The number of benzene rings is 2. The Morgan fingerprint density at radius 2 is 1.70 bits per heavy atom. The van der Waals surface area contributed by atoms with Crippen LogP contribution in [0.15, 0.2) is 67.3 Å². The summed E-state index contributed by atoms with van der Waals surface area (Å²) in [4.78, 5) is 22.9. The predicted octanol–water partition coefficient (Wildman–Crippen LogP) is 3.58. The molecule has 0 atom stereocenters. The minimum absolute atomic E-state index is 0.0799. The first-order valence-corrected chi connectivity index (χ1v) is 9.07. The van der Waals surface area contributed by atoms with E-state index in [1.54, 1.807) is 31.4 Å². The van der Waals surface area contributed by atoms with Crippen molar-refractivity contribution < 1.29 is 33.3 Å². The van der Waals surface area contributed by atoms with Crippen molar-refractivity contribution in [3.63, 3.8) is 0 Å². The SMILES string of the molecule is C=CC(=O)Oc1ccc(-c2ccc(OCCOC(=O)C(=C)COC)cc2OC)cc1. The summed E-state index contributed by atoms with van der Waals surface area (Å²) in [6, 6.07) is 12.4. The summed E-state index contributed by atoms with van der Waals surface area (Å²) in [6.45, 7) is 7.33. The first kappa shape index (κ1) is 22.7. The molecule has 0 unspecified atom stereocenters. The van der Waals surface area contributed by atoms with Crippen LogP contribution < -0.4 is 14.2 Å². The summed E-state index contributed by atoms with van der Waals surface area (Å²) in [5, 5.41) is 0. The largest absolute Gasteiger partial charge is 0.496 e. The van der Waals surface area contributed by atoms with E-state index in [2.05, 4.69) is 13.2 Å². The molecule has 2 aromatic rings. The molecule has 0 spiro atoms. The minimum atomic E-state index is -0.518. The molecule has 2 rings (SSSR count). The number of carbonyl (C=O) groups is 2. The Labute approximate surface area is 175 Å². The van der Waals surface area contributed by atoms with Crippen LogP contribution in [0.4, 0.5) is 0 Å². The molecule has 0 aliphatic rings. The van der Waals surface area contributed by atoms with Crippen LogP contribution in [-0.2, 0) is 19.1 Å². The van der Waals surface area contributed by atoms with E-state index in [9.17, 15) is 9.59 Å². The van der Waals surface area contributed by atoms with Crippen molar-refractivity contribution >= 4 is 11.9 Å². The van der Waals surface area contributed by atoms with Gasteiger partial charge in [0.2, 0.25) is 0 Å². The third kappa shape index (κ3) is 6.49. The van der Waals surface area contributed by atoms with Crippen LogP contribution in [0.1, 0.15) is 0 Å². The normalized spacial score (nSPS) is 10.1. The van der Waals surface area contributed by atoms with Gasteiger partial charge in [0.1, 0.15) is 30.5 Å². The van der Waals surface area contributed by atoms with Crippen LogP contribution >= 0.6 is 0 Å². The van der Waals surface area contributed by atoms with Gasteiger partial charge in [-0.3, -0.25) is 0 Å². The zero-order valence-electron chi connectivity index (χ0n) is 17.0. The van der Waals surface area contributed by atoms with Gasteiger partial charge in [0.15, 0.2) is 0 Å². The summed E-state index contributed by atoms with van der Waals surface area (Å²) in [5.41, 5.74) is 1.96. The number of esters is 2. The smallest absolute Gasteiger partial charge is 0.335 e. The van der Waals surface area contributed by atoms with Crippen LogP contribution in [0.5, 0.6) is 17.2 Å². The second-order valence-corrected chi connectivity index (χ2v) is 6.03. The summed E-state index contributed by atoms with van der Waals surface area (Å²) in [6.07, 6.45) is 1.10. The molecule has 7 nitrogen and oxygen atoms in total. The molecular formula is C23H24O7. The topological polar surface area (TPSA) is 80.3 Å². The molecule has 0 aliphatic carbocycles. The maximum absolute atomic E-state index is 11.6. The van der Waals surface area contributed by atoms with E-state index >= 15 is 0 Å². The number of hydrogen-bond donors (Lipinski definition) is 0. The monoisotopic (exact) mass is 412 g/mol. The third-order valence-corrected chi connectivity index (χ3v) is 3.92. The Morgan fingerprint density at radius 1 is 1.00 bits per heavy atom. The van der Waals surface area contributed by atoms with Crippen molar-refractivity contribution in [3.05, 3.63) is 67.3 Å². The van der Waals surface area contributed by atoms with Gasteiger partial charge in [-0.2, -0.15) is 0 Å².